The molecule has 0 bridgehead atoms. The standard InChI is InChI=1S/C6H15NO.H3NO3S/c1-3-7(4-2)5-6-8;1-5(2,3)4/h8H,3-6H2,1-2H3;(H3,1,2,3,4). The van der Waals surface area contributed by atoms with Crippen LogP contribution >= 0.6 is 0 Å². The van der Waals surface area contributed by atoms with Gasteiger partial charge in [-0.05, 0) is 13.1 Å². The molecule has 6 nitrogen and oxygen atoms in total. The Labute approximate surface area is 79.2 Å². The molecule has 82 valence electrons. The van der Waals surface area contributed by atoms with E-state index in [1.54, 1.807) is 0 Å². The maximum atomic E-state index is 8.97. The molecule has 0 saturated carbocycles. The van der Waals surface area contributed by atoms with E-state index in [0.717, 1.165) is 19.6 Å². The average molecular weight is 214 g/mol. The van der Waals surface area contributed by atoms with Crippen molar-refractivity contribution in [3.63, 3.8) is 0 Å². The number of rotatable bonds is 4. The zero-order chi connectivity index (χ0) is 10.9. The Hall–Kier alpha value is -0.210. The van der Waals surface area contributed by atoms with Crippen LogP contribution in [0.3, 0.4) is 0 Å². The van der Waals surface area contributed by atoms with Gasteiger partial charge < -0.3 is 10.0 Å². The maximum absolute atomic E-state index is 8.97. The molecule has 0 aliphatic carbocycles. The molecule has 0 unspecified atom stereocenters. The van der Waals surface area contributed by atoms with Crippen LogP contribution in [0.25, 0.3) is 0 Å². The Morgan fingerprint density at radius 3 is 1.69 bits per heavy atom. The first-order chi connectivity index (χ1) is 5.85. The van der Waals surface area contributed by atoms with Crippen LogP contribution in [-0.4, -0.2) is 49.2 Å². The SMILES string of the molecule is CCN(CC)CCO.NS(=O)(=O)O. The van der Waals surface area contributed by atoms with E-state index in [-0.39, 0.29) is 6.61 Å². The number of likely N-dealkylation sites (N-methyl/N-ethyl adjacent to an activating group) is 1. The van der Waals surface area contributed by atoms with Crippen molar-refractivity contribution in [3.8, 4) is 0 Å². The van der Waals surface area contributed by atoms with Crippen LogP contribution in [0.4, 0.5) is 0 Å². The Morgan fingerprint density at radius 1 is 1.31 bits per heavy atom. The molecule has 13 heavy (non-hydrogen) atoms. The van der Waals surface area contributed by atoms with Crippen molar-refractivity contribution < 1.29 is 18.1 Å². The first-order valence-corrected chi connectivity index (χ1v) is 5.43. The van der Waals surface area contributed by atoms with Crippen LogP contribution in [0.5, 0.6) is 0 Å². The molecule has 0 radical (unpaired) electrons. The summed E-state index contributed by atoms with van der Waals surface area (Å²) >= 11 is 0. The van der Waals surface area contributed by atoms with Gasteiger partial charge in [0.25, 0.3) is 0 Å². The van der Waals surface area contributed by atoms with Gasteiger partial charge in [0, 0.05) is 6.54 Å². The summed E-state index contributed by atoms with van der Waals surface area (Å²) in [5.41, 5.74) is 0. The lowest BCUT2D eigenvalue weighted by atomic mass is 10.5. The lowest BCUT2D eigenvalue weighted by Crippen LogP contribution is -2.25. The van der Waals surface area contributed by atoms with Gasteiger partial charge in [-0.2, -0.15) is 8.42 Å². The quantitative estimate of drug-likeness (QED) is 0.524. The summed E-state index contributed by atoms with van der Waals surface area (Å²) in [7, 11) is -4.17. The fraction of sp³-hybridized carbons (Fsp3) is 1.00. The number of aliphatic hydroxyl groups is 1. The maximum Gasteiger partial charge on any atom is 0.330 e. The molecule has 7 heteroatoms. The van der Waals surface area contributed by atoms with Crippen LogP contribution in [0, 0.1) is 0 Å². The van der Waals surface area contributed by atoms with Crippen LogP contribution in [-0.2, 0) is 10.3 Å². The molecule has 0 aromatic carbocycles. The van der Waals surface area contributed by atoms with Crippen molar-refractivity contribution in [3.05, 3.63) is 0 Å². The Morgan fingerprint density at radius 2 is 1.62 bits per heavy atom. The van der Waals surface area contributed by atoms with Crippen molar-refractivity contribution in [1.29, 1.82) is 0 Å². The fourth-order valence-corrected chi connectivity index (χ4v) is 0.681. The predicted molar refractivity (Wildman–Crippen MR) is 50.6 cm³/mol. The van der Waals surface area contributed by atoms with Crippen molar-refractivity contribution in [2.45, 2.75) is 13.8 Å². The second-order valence-corrected chi connectivity index (χ2v) is 3.30. The Bertz CT molecular complexity index is 181. The summed E-state index contributed by atoms with van der Waals surface area (Å²) in [5.74, 6) is 0. The minimum Gasteiger partial charge on any atom is -0.395 e. The molecule has 0 rings (SSSR count). The molecule has 4 N–H and O–H groups in total. The van der Waals surface area contributed by atoms with Gasteiger partial charge in [-0.1, -0.05) is 13.8 Å². The molecule has 0 aromatic heterocycles. The second kappa shape index (κ2) is 8.39. The number of hydrogen-bond acceptors (Lipinski definition) is 4. The number of aliphatic hydroxyl groups excluding tert-OH is 1. The zero-order valence-electron chi connectivity index (χ0n) is 7.97. The minimum atomic E-state index is -4.17. The summed E-state index contributed by atoms with van der Waals surface area (Å²) in [6, 6.07) is 0. The summed E-state index contributed by atoms with van der Waals surface area (Å²) in [6.07, 6.45) is 0. The van der Waals surface area contributed by atoms with Crippen molar-refractivity contribution in [2.24, 2.45) is 5.14 Å². The smallest absolute Gasteiger partial charge is 0.330 e. The highest BCUT2D eigenvalue weighted by Crippen LogP contribution is 1.82. The first kappa shape index (κ1) is 15.3. The highest BCUT2D eigenvalue weighted by Gasteiger charge is 1.93. The van der Waals surface area contributed by atoms with Crippen LogP contribution in [0.15, 0.2) is 0 Å². The van der Waals surface area contributed by atoms with Gasteiger partial charge in [0.1, 0.15) is 0 Å². The van der Waals surface area contributed by atoms with E-state index in [1.165, 1.54) is 0 Å². The average Bonchev–Trinajstić information content (AvgIpc) is 1.97. The van der Waals surface area contributed by atoms with Gasteiger partial charge in [-0.15, -0.1) is 0 Å². The molecule has 0 aliphatic rings. The molecule has 0 atom stereocenters. The number of nitrogens with zero attached hydrogens (tertiary/aromatic N) is 1. The Kier molecular flexibility index (Phi) is 9.86. The van der Waals surface area contributed by atoms with E-state index in [1.807, 2.05) is 0 Å². The third-order valence-electron chi connectivity index (χ3n) is 1.31. The fourth-order valence-electron chi connectivity index (χ4n) is 0.681. The summed E-state index contributed by atoms with van der Waals surface area (Å²) in [4.78, 5) is 2.18. The molecule has 0 heterocycles. The highest BCUT2D eigenvalue weighted by atomic mass is 32.2. The lowest BCUT2D eigenvalue weighted by molar-refractivity contribution is 0.208. The van der Waals surface area contributed by atoms with E-state index in [9.17, 15) is 0 Å². The van der Waals surface area contributed by atoms with Gasteiger partial charge in [-0.3, -0.25) is 4.55 Å². The number of nitrogens with two attached hydrogens (primary N) is 1. The molecule has 0 aromatic rings. The van der Waals surface area contributed by atoms with Crippen LogP contribution < -0.4 is 5.14 Å². The van der Waals surface area contributed by atoms with Crippen LogP contribution in [0.2, 0.25) is 0 Å². The zero-order valence-corrected chi connectivity index (χ0v) is 8.79. The van der Waals surface area contributed by atoms with Crippen LogP contribution in [0.1, 0.15) is 13.8 Å². The van der Waals surface area contributed by atoms with Gasteiger partial charge >= 0.3 is 10.3 Å². The van der Waals surface area contributed by atoms with Crippen molar-refractivity contribution in [2.75, 3.05) is 26.2 Å². The molecule has 0 spiro atoms. The summed E-state index contributed by atoms with van der Waals surface area (Å²) < 4.78 is 25.2. The lowest BCUT2D eigenvalue weighted by Gasteiger charge is -2.15. The van der Waals surface area contributed by atoms with E-state index < -0.39 is 10.3 Å². The van der Waals surface area contributed by atoms with Gasteiger partial charge in [0.05, 0.1) is 6.61 Å². The molecule has 0 fully saturated rings. The summed E-state index contributed by atoms with van der Waals surface area (Å²) in [6.45, 7) is 7.36. The largest absolute Gasteiger partial charge is 0.395 e. The number of hydrogen-bond donors (Lipinski definition) is 3. The highest BCUT2D eigenvalue weighted by molar-refractivity contribution is 7.83. The normalized spacial score (nSPS) is 10.9. The van der Waals surface area contributed by atoms with Gasteiger partial charge in [0.2, 0.25) is 0 Å². The van der Waals surface area contributed by atoms with Gasteiger partial charge in [-0.25, -0.2) is 5.14 Å². The molecule has 0 saturated heterocycles. The third kappa shape index (κ3) is 24.5. The predicted octanol–water partition coefficient (Wildman–Crippen LogP) is -0.932. The monoisotopic (exact) mass is 214 g/mol. The third-order valence-corrected chi connectivity index (χ3v) is 1.31. The van der Waals surface area contributed by atoms with E-state index >= 15 is 0 Å². The first-order valence-electron chi connectivity index (χ1n) is 3.93. The minimum absolute atomic E-state index is 0.279. The Balaban J connectivity index is 0. The molecule has 0 amide bonds. The van der Waals surface area contributed by atoms with Crippen molar-refractivity contribution in [1.82, 2.24) is 4.90 Å². The topological polar surface area (TPSA) is 104 Å². The van der Waals surface area contributed by atoms with E-state index in [0.29, 0.717) is 0 Å². The van der Waals surface area contributed by atoms with E-state index in [4.69, 9.17) is 18.1 Å². The van der Waals surface area contributed by atoms with Crippen molar-refractivity contribution >= 4 is 10.3 Å². The molecular weight excluding hydrogens is 196 g/mol. The second-order valence-electron chi connectivity index (χ2n) is 2.27. The summed E-state index contributed by atoms with van der Waals surface area (Å²) in [5, 5.41) is 12.3. The van der Waals surface area contributed by atoms with E-state index in [2.05, 4.69) is 23.9 Å². The molecule has 0 aliphatic heterocycles. The van der Waals surface area contributed by atoms with Gasteiger partial charge in [0.15, 0.2) is 0 Å². The molecular formula is C6H18N2O4S.